The summed E-state index contributed by atoms with van der Waals surface area (Å²) in [7, 11) is 0. The van der Waals surface area contributed by atoms with Crippen LogP contribution in [-0.2, 0) is 10.2 Å². The molecule has 8 nitrogen and oxygen atoms in total. The van der Waals surface area contributed by atoms with Crippen molar-refractivity contribution in [1.82, 2.24) is 10.6 Å². The average Bonchev–Trinajstić information content (AvgIpc) is 3.27. The number of alkyl carbamates (subject to hydrolysis) is 1. The smallest absolute Gasteiger partial charge is 0.408 e. The van der Waals surface area contributed by atoms with Crippen LogP contribution in [-0.4, -0.2) is 59.5 Å². The summed E-state index contributed by atoms with van der Waals surface area (Å²) < 4.78 is 37.3. The van der Waals surface area contributed by atoms with Crippen molar-refractivity contribution in [1.29, 1.82) is 5.26 Å². The first-order valence-electron chi connectivity index (χ1n) is 14.0. The first-order valence-corrected chi connectivity index (χ1v) is 14.8. The summed E-state index contributed by atoms with van der Waals surface area (Å²) in [5, 5.41) is 45.7. The van der Waals surface area contributed by atoms with Crippen molar-refractivity contribution in [3.63, 3.8) is 0 Å². The molecule has 0 unspecified atom stereocenters. The third kappa shape index (κ3) is 6.52. The first kappa shape index (κ1) is 32.4. The quantitative estimate of drug-likeness (QED) is 0.253. The molecule has 0 radical (unpaired) electrons. The standard InChI is InChI=1S/C30H35Cl2F2N3O5/c31-18-7-8-21(23(33)13-18)30(16-35)24(14-29(17-39)10-2-1-3-11-29)37-27(42-28(41)36-12-9-19(40)15-38)25(30)20-5-4-6-22(32)26(20)34/h4-8,13,19,24-25,27,37-40H,1-3,9-12,14-15,17H2,(H,36,41)/t19-,24-,25-,27+,30-/m0/s1. The molecule has 2 aromatic rings. The van der Waals surface area contributed by atoms with Gasteiger partial charge in [-0.1, -0.05) is 60.7 Å². The zero-order valence-corrected chi connectivity index (χ0v) is 24.5. The van der Waals surface area contributed by atoms with Crippen LogP contribution in [0.15, 0.2) is 36.4 Å². The summed E-state index contributed by atoms with van der Waals surface area (Å²) in [4.78, 5) is 12.9. The van der Waals surface area contributed by atoms with E-state index in [4.69, 9.17) is 33.0 Å². The second-order valence-corrected chi connectivity index (χ2v) is 12.1. The monoisotopic (exact) mass is 625 g/mol. The number of ether oxygens (including phenoxy) is 1. The Kier molecular flexibility index (Phi) is 10.7. The lowest BCUT2D eigenvalue weighted by molar-refractivity contribution is 0.0520. The van der Waals surface area contributed by atoms with E-state index in [1.165, 1.54) is 30.3 Å². The summed E-state index contributed by atoms with van der Waals surface area (Å²) in [6.07, 6.45) is 1.09. The lowest BCUT2D eigenvalue weighted by Crippen LogP contribution is -2.47. The Morgan fingerprint density at radius 3 is 2.57 bits per heavy atom. The number of hydrogen-bond acceptors (Lipinski definition) is 7. The Morgan fingerprint density at radius 1 is 1.19 bits per heavy atom. The van der Waals surface area contributed by atoms with E-state index in [1.54, 1.807) is 0 Å². The van der Waals surface area contributed by atoms with Crippen LogP contribution < -0.4 is 10.6 Å². The van der Waals surface area contributed by atoms with Crippen molar-refractivity contribution in [3.05, 3.63) is 69.2 Å². The Bertz CT molecular complexity index is 1310. The largest absolute Gasteiger partial charge is 0.430 e. The summed E-state index contributed by atoms with van der Waals surface area (Å²) in [6, 6.07) is 9.57. The molecule has 1 aliphatic carbocycles. The van der Waals surface area contributed by atoms with E-state index in [9.17, 15) is 20.3 Å². The molecule has 1 amide bonds. The SMILES string of the molecule is N#C[C@]1(c2ccc(Cl)cc2F)[C@H](CC2(CO)CCCCC2)N[C@H](OC(=O)NCC[C@H](O)CO)[C@@H]1c1cccc(Cl)c1F. The molecule has 1 saturated carbocycles. The summed E-state index contributed by atoms with van der Waals surface area (Å²) >= 11 is 12.2. The van der Waals surface area contributed by atoms with Crippen LogP contribution in [0.4, 0.5) is 13.6 Å². The van der Waals surface area contributed by atoms with Crippen LogP contribution in [0.1, 0.15) is 62.0 Å². The Morgan fingerprint density at radius 2 is 1.93 bits per heavy atom. The van der Waals surface area contributed by atoms with Gasteiger partial charge >= 0.3 is 6.09 Å². The van der Waals surface area contributed by atoms with E-state index in [0.717, 1.165) is 25.3 Å². The molecule has 1 aliphatic heterocycles. The van der Waals surface area contributed by atoms with Crippen molar-refractivity contribution >= 4 is 29.3 Å². The number of benzene rings is 2. The number of nitrogens with zero attached hydrogens (tertiary/aromatic N) is 1. The molecule has 1 heterocycles. The van der Waals surface area contributed by atoms with Crippen LogP contribution in [0.2, 0.25) is 10.0 Å². The van der Waals surface area contributed by atoms with Gasteiger partial charge in [-0.05, 0) is 54.9 Å². The minimum absolute atomic E-state index is 0.0320. The molecule has 2 aromatic carbocycles. The predicted octanol–water partition coefficient (Wildman–Crippen LogP) is 4.92. The normalized spacial score (nSPS) is 25.9. The first-order chi connectivity index (χ1) is 20.1. The number of carbonyl (C=O) groups is 1. The van der Waals surface area contributed by atoms with E-state index >= 15 is 8.78 Å². The molecular formula is C30H35Cl2F2N3O5. The number of hydrogen-bond donors (Lipinski definition) is 5. The molecule has 0 aromatic heterocycles. The van der Waals surface area contributed by atoms with Gasteiger partial charge in [-0.15, -0.1) is 0 Å². The Labute approximate surface area is 253 Å². The highest BCUT2D eigenvalue weighted by atomic mass is 35.5. The minimum Gasteiger partial charge on any atom is -0.430 e. The number of halogens is 4. The number of aliphatic hydroxyl groups is 3. The van der Waals surface area contributed by atoms with E-state index in [2.05, 4.69) is 16.7 Å². The lowest BCUT2D eigenvalue weighted by Gasteiger charge is -2.42. The molecule has 0 bridgehead atoms. The van der Waals surface area contributed by atoms with Gasteiger partial charge in [0.2, 0.25) is 0 Å². The fourth-order valence-corrected chi connectivity index (χ4v) is 6.85. The van der Waals surface area contributed by atoms with Gasteiger partial charge in [0.25, 0.3) is 0 Å². The summed E-state index contributed by atoms with van der Waals surface area (Å²) in [5.41, 5.74) is -2.52. The van der Waals surface area contributed by atoms with E-state index in [1.807, 2.05) is 0 Å². The van der Waals surface area contributed by atoms with Crippen molar-refractivity contribution in [2.45, 2.75) is 74.7 Å². The number of nitrogens with one attached hydrogen (secondary N) is 2. The van der Waals surface area contributed by atoms with Crippen molar-refractivity contribution < 1.29 is 33.6 Å². The molecule has 2 fully saturated rings. The van der Waals surface area contributed by atoms with E-state index < -0.39 is 59.5 Å². The van der Waals surface area contributed by atoms with Gasteiger partial charge < -0.3 is 25.4 Å². The van der Waals surface area contributed by atoms with Gasteiger partial charge in [0.1, 0.15) is 17.0 Å². The Balaban J connectivity index is 1.85. The fraction of sp³-hybridized carbons (Fsp3) is 0.533. The maximum Gasteiger partial charge on any atom is 0.408 e. The maximum absolute atomic E-state index is 15.8. The fourth-order valence-electron chi connectivity index (χ4n) is 6.51. The average molecular weight is 627 g/mol. The van der Waals surface area contributed by atoms with Gasteiger partial charge in [0.15, 0.2) is 6.23 Å². The molecule has 2 aliphatic rings. The molecule has 42 heavy (non-hydrogen) atoms. The Hall–Kier alpha value is -2.52. The maximum atomic E-state index is 15.8. The van der Waals surface area contributed by atoms with Crippen molar-refractivity contribution in [3.8, 4) is 6.07 Å². The van der Waals surface area contributed by atoms with Crippen LogP contribution in [0, 0.1) is 28.4 Å². The van der Waals surface area contributed by atoms with Crippen molar-refractivity contribution in [2.75, 3.05) is 19.8 Å². The second-order valence-electron chi connectivity index (χ2n) is 11.2. The number of carbonyl (C=O) groups excluding carboxylic acids is 1. The van der Waals surface area contributed by atoms with Crippen LogP contribution in [0.5, 0.6) is 0 Å². The van der Waals surface area contributed by atoms with Gasteiger partial charge in [-0.3, -0.25) is 5.32 Å². The molecule has 1 saturated heterocycles. The summed E-state index contributed by atoms with van der Waals surface area (Å²) in [6.45, 7) is -0.677. The summed E-state index contributed by atoms with van der Waals surface area (Å²) in [5.74, 6) is -2.89. The highest BCUT2D eigenvalue weighted by molar-refractivity contribution is 6.31. The third-order valence-electron chi connectivity index (χ3n) is 8.67. The van der Waals surface area contributed by atoms with Crippen molar-refractivity contribution in [2.24, 2.45) is 5.41 Å². The predicted molar refractivity (Wildman–Crippen MR) is 153 cm³/mol. The van der Waals surface area contributed by atoms with E-state index in [0.29, 0.717) is 12.8 Å². The lowest BCUT2D eigenvalue weighted by atomic mass is 9.61. The highest BCUT2D eigenvalue weighted by Crippen LogP contribution is 2.54. The molecule has 12 heteroatoms. The minimum atomic E-state index is -1.82. The molecule has 0 spiro atoms. The van der Waals surface area contributed by atoms with Gasteiger partial charge in [0, 0.05) is 29.8 Å². The van der Waals surface area contributed by atoms with Crippen LogP contribution in [0.25, 0.3) is 0 Å². The number of rotatable bonds is 10. The molecule has 5 N–H and O–H groups in total. The van der Waals surface area contributed by atoms with Gasteiger partial charge in [-0.25, -0.2) is 13.6 Å². The van der Waals surface area contributed by atoms with Gasteiger partial charge in [-0.2, -0.15) is 5.26 Å². The highest BCUT2D eigenvalue weighted by Gasteiger charge is 2.61. The topological polar surface area (TPSA) is 135 Å². The molecule has 5 atom stereocenters. The molecule has 4 rings (SSSR count). The second kappa shape index (κ2) is 13.8. The number of amides is 1. The number of aliphatic hydroxyl groups excluding tert-OH is 3. The molecule has 228 valence electrons. The van der Waals surface area contributed by atoms with Gasteiger partial charge in [0.05, 0.1) is 29.7 Å². The third-order valence-corrected chi connectivity index (χ3v) is 9.19. The zero-order valence-electron chi connectivity index (χ0n) is 23.0. The number of nitriles is 1. The van der Waals surface area contributed by atoms with E-state index in [-0.39, 0.29) is 47.2 Å². The van der Waals surface area contributed by atoms with Crippen LogP contribution in [0.3, 0.4) is 0 Å². The molecular weight excluding hydrogens is 591 g/mol. The van der Waals surface area contributed by atoms with Crippen LogP contribution >= 0.6 is 23.2 Å². The zero-order chi connectivity index (χ0) is 30.5.